The van der Waals surface area contributed by atoms with Gasteiger partial charge in [-0.05, 0) is 49.2 Å². The Morgan fingerprint density at radius 2 is 1.64 bits per heavy atom. The van der Waals surface area contributed by atoms with Crippen molar-refractivity contribution in [2.75, 3.05) is 24.7 Å². The predicted octanol–water partition coefficient (Wildman–Crippen LogP) is 2.91. The largest absolute Gasteiger partial charge is 0.339 e. The first kappa shape index (κ1) is 17.4. The number of benzene rings is 2. The van der Waals surface area contributed by atoms with Crippen LogP contribution in [0.4, 0.5) is 5.69 Å². The molecule has 130 valence electrons. The first-order valence-electron chi connectivity index (χ1n) is 8.19. The molecule has 1 saturated heterocycles. The molecule has 0 aromatic heterocycles. The molecule has 1 aliphatic rings. The van der Waals surface area contributed by atoms with Gasteiger partial charge >= 0.3 is 0 Å². The lowest BCUT2D eigenvalue weighted by Crippen LogP contribution is -2.28. The van der Waals surface area contributed by atoms with Crippen molar-refractivity contribution in [3.8, 4) is 0 Å². The number of carbonyl (C=O) groups excluding carboxylic acids is 2. The highest BCUT2D eigenvalue weighted by Gasteiger charge is 2.22. The van der Waals surface area contributed by atoms with E-state index in [-0.39, 0.29) is 11.8 Å². The number of rotatable bonds is 4. The Balaban J connectivity index is 1.79. The third-order valence-electron chi connectivity index (χ3n) is 4.25. The van der Waals surface area contributed by atoms with Gasteiger partial charge in [0.25, 0.3) is 11.8 Å². The van der Waals surface area contributed by atoms with Crippen molar-refractivity contribution in [3.05, 3.63) is 59.7 Å². The Kier molecular flexibility index (Phi) is 5.28. The van der Waals surface area contributed by atoms with E-state index in [1.807, 2.05) is 4.90 Å². The molecule has 1 aliphatic heterocycles. The number of hydrogen-bond acceptors (Lipinski definition) is 3. The number of nitrogens with one attached hydrogen (secondary N) is 1. The first-order chi connectivity index (χ1) is 12.1. The average Bonchev–Trinajstić information content (AvgIpc) is 3.16. The molecule has 3 rings (SSSR count). The van der Waals surface area contributed by atoms with Crippen LogP contribution in [0.25, 0.3) is 0 Å². The molecule has 25 heavy (non-hydrogen) atoms. The van der Waals surface area contributed by atoms with Crippen LogP contribution >= 0.6 is 0 Å². The van der Waals surface area contributed by atoms with E-state index >= 15 is 0 Å². The van der Waals surface area contributed by atoms with Crippen LogP contribution in [-0.4, -0.2) is 40.3 Å². The molecule has 0 bridgehead atoms. The Bertz CT molecular complexity index is 812. The molecular formula is C19H20N2O3S. The molecular weight excluding hydrogens is 336 g/mol. The minimum absolute atomic E-state index is 0.0508. The van der Waals surface area contributed by atoms with E-state index in [9.17, 15) is 13.8 Å². The number of amides is 2. The van der Waals surface area contributed by atoms with Crippen LogP contribution in [-0.2, 0) is 10.8 Å². The number of carbonyl (C=O) groups is 2. The third kappa shape index (κ3) is 3.96. The topological polar surface area (TPSA) is 66.5 Å². The SMILES string of the molecule is C[S@@](=O)c1ccc(C(=O)Nc2ccccc2C(=O)N2CCCC2)cc1. The van der Waals surface area contributed by atoms with Crippen molar-refractivity contribution in [3.63, 3.8) is 0 Å². The van der Waals surface area contributed by atoms with E-state index in [0.29, 0.717) is 21.7 Å². The summed E-state index contributed by atoms with van der Waals surface area (Å²) in [6.45, 7) is 1.52. The van der Waals surface area contributed by atoms with Gasteiger partial charge in [-0.2, -0.15) is 0 Å². The maximum Gasteiger partial charge on any atom is 0.255 e. The number of para-hydroxylation sites is 1. The fourth-order valence-corrected chi connectivity index (χ4v) is 3.38. The molecule has 0 radical (unpaired) electrons. The fraction of sp³-hybridized carbons (Fsp3) is 0.263. The van der Waals surface area contributed by atoms with Crippen molar-refractivity contribution in [2.24, 2.45) is 0 Å². The smallest absolute Gasteiger partial charge is 0.255 e. The molecule has 0 aliphatic carbocycles. The van der Waals surface area contributed by atoms with Crippen molar-refractivity contribution in [2.45, 2.75) is 17.7 Å². The lowest BCUT2D eigenvalue weighted by Gasteiger charge is -2.18. The highest BCUT2D eigenvalue weighted by Crippen LogP contribution is 2.21. The summed E-state index contributed by atoms with van der Waals surface area (Å²) >= 11 is 0. The molecule has 0 unspecified atom stereocenters. The van der Waals surface area contributed by atoms with Gasteiger partial charge in [0, 0.05) is 40.6 Å². The van der Waals surface area contributed by atoms with Crippen LogP contribution in [0.3, 0.4) is 0 Å². The lowest BCUT2D eigenvalue weighted by molar-refractivity contribution is 0.0794. The molecule has 1 heterocycles. The molecule has 1 N–H and O–H groups in total. The van der Waals surface area contributed by atoms with E-state index in [4.69, 9.17) is 0 Å². The van der Waals surface area contributed by atoms with Gasteiger partial charge < -0.3 is 10.2 Å². The summed E-state index contributed by atoms with van der Waals surface area (Å²) in [7, 11) is -1.08. The molecule has 6 heteroatoms. The van der Waals surface area contributed by atoms with Gasteiger partial charge in [-0.15, -0.1) is 0 Å². The summed E-state index contributed by atoms with van der Waals surface area (Å²) in [5.41, 5.74) is 1.47. The van der Waals surface area contributed by atoms with Crippen LogP contribution < -0.4 is 5.32 Å². The Hall–Kier alpha value is -2.47. The Morgan fingerprint density at radius 1 is 1.00 bits per heavy atom. The molecule has 2 amide bonds. The Morgan fingerprint density at radius 3 is 2.28 bits per heavy atom. The maximum absolute atomic E-state index is 12.6. The van der Waals surface area contributed by atoms with Crippen molar-refractivity contribution in [1.82, 2.24) is 4.90 Å². The van der Waals surface area contributed by atoms with E-state index in [0.717, 1.165) is 25.9 Å². The molecule has 1 fully saturated rings. The fourth-order valence-electron chi connectivity index (χ4n) is 2.86. The average molecular weight is 356 g/mol. The lowest BCUT2D eigenvalue weighted by atomic mass is 10.1. The Labute approximate surface area is 149 Å². The van der Waals surface area contributed by atoms with E-state index in [1.165, 1.54) is 0 Å². The van der Waals surface area contributed by atoms with E-state index < -0.39 is 10.8 Å². The number of likely N-dealkylation sites (tertiary alicyclic amines) is 1. The van der Waals surface area contributed by atoms with Crippen molar-refractivity contribution in [1.29, 1.82) is 0 Å². The molecule has 2 aromatic carbocycles. The number of anilines is 1. The standard InChI is InChI=1S/C19H20N2O3S/c1-25(24)15-10-8-14(9-11-15)18(22)20-17-7-3-2-6-16(17)19(23)21-12-4-5-13-21/h2-3,6-11H,4-5,12-13H2,1H3,(H,20,22)/t25-/m1/s1. The predicted molar refractivity (Wildman–Crippen MR) is 98.3 cm³/mol. The molecule has 2 aromatic rings. The molecule has 0 spiro atoms. The quantitative estimate of drug-likeness (QED) is 0.916. The van der Waals surface area contributed by atoms with Crippen LogP contribution in [0.1, 0.15) is 33.6 Å². The second-order valence-corrected chi connectivity index (χ2v) is 7.36. The molecule has 1 atom stereocenters. The van der Waals surface area contributed by atoms with E-state index in [1.54, 1.807) is 54.8 Å². The zero-order chi connectivity index (χ0) is 17.8. The van der Waals surface area contributed by atoms with Crippen LogP contribution in [0, 0.1) is 0 Å². The normalized spacial score (nSPS) is 15.0. The number of hydrogen-bond donors (Lipinski definition) is 1. The van der Waals surface area contributed by atoms with E-state index in [2.05, 4.69) is 5.32 Å². The first-order valence-corrected chi connectivity index (χ1v) is 9.75. The molecule has 5 nitrogen and oxygen atoms in total. The van der Waals surface area contributed by atoms with Gasteiger partial charge in [-0.1, -0.05) is 12.1 Å². The summed E-state index contributed by atoms with van der Waals surface area (Å²) < 4.78 is 11.4. The van der Waals surface area contributed by atoms with Gasteiger partial charge in [0.1, 0.15) is 0 Å². The minimum Gasteiger partial charge on any atom is -0.339 e. The highest BCUT2D eigenvalue weighted by atomic mass is 32.2. The van der Waals surface area contributed by atoms with Gasteiger partial charge in [-0.25, -0.2) is 0 Å². The van der Waals surface area contributed by atoms with Gasteiger partial charge in [0.15, 0.2) is 0 Å². The van der Waals surface area contributed by atoms with Gasteiger partial charge in [0.2, 0.25) is 0 Å². The maximum atomic E-state index is 12.6. The van der Waals surface area contributed by atoms with Crippen molar-refractivity contribution >= 4 is 28.3 Å². The van der Waals surface area contributed by atoms with Crippen molar-refractivity contribution < 1.29 is 13.8 Å². The van der Waals surface area contributed by atoms with Gasteiger partial charge in [0.05, 0.1) is 11.3 Å². The minimum atomic E-state index is -1.08. The summed E-state index contributed by atoms with van der Waals surface area (Å²) in [6, 6.07) is 13.7. The monoisotopic (exact) mass is 356 g/mol. The van der Waals surface area contributed by atoms with Crippen LogP contribution in [0.15, 0.2) is 53.4 Å². The van der Waals surface area contributed by atoms with Gasteiger partial charge in [-0.3, -0.25) is 13.8 Å². The van der Waals surface area contributed by atoms with Crippen LogP contribution in [0.2, 0.25) is 0 Å². The zero-order valence-corrected chi connectivity index (χ0v) is 14.8. The highest BCUT2D eigenvalue weighted by molar-refractivity contribution is 7.84. The second-order valence-electron chi connectivity index (χ2n) is 5.98. The third-order valence-corrected chi connectivity index (χ3v) is 5.18. The summed E-state index contributed by atoms with van der Waals surface area (Å²) in [6.07, 6.45) is 3.63. The summed E-state index contributed by atoms with van der Waals surface area (Å²) in [4.78, 5) is 27.6. The molecule has 0 saturated carbocycles. The number of nitrogens with zero attached hydrogens (tertiary/aromatic N) is 1. The second kappa shape index (κ2) is 7.61. The zero-order valence-electron chi connectivity index (χ0n) is 14.0. The van der Waals surface area contributed by atoms with Crippen LogP contribution in [0.5, 0.6) is 0 Å². The summed E-state index contributed by atoms with van der Waals surface area (Å²) in [5, 5.41) is 2.82. The summed E-state index contributed by atoms with van der Waals surface area (Å²) in [5.74, 6) is -0.347.